The molecule has 1 fully saturated rings. The summed E-state index contributed by atoms with van der Waals surface area (Å²) in [5.41, 5.74) is 1.15. The maximum absolute atomic E-state index is 5.46. The Bertz CT molecular complexity index is 381. The first-order valence-electron chi connectivity index (χ1n) is 7.12. The van der Waals surface area contributed by atoms with E-state index in [9.17, 15) is 0 Å². The molecular formula is C14H25N3OS. The summed E-state index contributed by atoms with van der Waals surface area (Å²) in [6.45, 7) is 8.43. The van der Waals surface area contributed by atoms with Crippen molar-refractivity contribution in [3.63, 3.8) is 0 Å². The zero-order valence-corrected chi connectivity index (χ0v) is 13.0. The van der Waals surface area contributed by atoms with Gasteiger partial charge in [-0.2, -0.15) is 0 Å². The molecule has 4 nitrogen and oxygen atoms in total. The zero-order valence-electron chi connectivity index (χ0n) is 12.2. The minimum atomic E-state index is 0.361. The number of anilines is 1. The van der Waals surface area contributed by atoms with Crippen molar-refractivity contribution in [1.29, 1.82) is 0 Å². The maximum Gasteiger partial charge on any atom is 0.185 e. The van der Waals surface area contributed by atoms with Gasteiger partial charge in [-0.1, -0.05) is 13.8 Å². The lowest BCUT2D eigenvalue weighted by Gasteiger charge is -2.31. The number of methoxy groups -OCH3 is 1. The van der Waals surface area contributed by atoms with Gasteiger partial charge in [-0.25, -0.2) is 4.98 Å². The number of hydrogen-bond donors (Lipinski definition) is 1. The highest BCUT2D eigenvalue weighted by atomic mass is 32.1. The molecule has 0 bridgehead atoms. The third-order valence-corrected chi connectivity index (χ3v) is 4.33. The molecule has 1 atom stereocenters. The zero-order chi connectivity index (χ0) is 13.7. The number of piperidine rings is 1. The van der Waals surface area contributed by atoms with Gasteiger partial charge >= 0.3 is 0 Å². The monoisotopic (exact) mass is 283 g/mol. The summed E-state index contributed by atoms with van der Waals surface area (Å²) in [6.07, 6.45) is 2.72. The van der Waals surface area contributed by atoms with Crippen LogP contribution in [0.25, 0.3) is 0 Å². The van der Waals surface area contributed by atoms with Crippen LogP contribution < -0.4 is 10.2 Å². The molecule has 1 aromatic heterocycles. The van der Waals surface area contributed by atoms with E-state index in [-0.39, 0.29) is 0 Å². The minimum Gasteiger partial charge on any atom is -0.380 e. The number of aromatic nitrogens is 1. The predicted octanol–water partition coefficient (Wildman–Crippen LogP) is 2.50. The van der Waals surface area contributed by atoms with Crippen LogP contribution in [-0.4, -0.2) is 37.8 Å². The molecule has 2 rings (SSSR count). The highest BCUT2D eigenvalue weighted by Gasteiger charge is 2.21. The molecule has 5 heteroatoms. The topological polar surface area (TPSA) is 37.4 Å². The van der Waals surface area contributed by atoms with Crippen LogP contribution in [0.1, 0.15) is 32.4 Å². The van der Waals surface area contributed by atoms with E-state index in [1.807, 2.05) is 0 Å². The first kappa shape index (κ1) is 14.8. The second-order valence-corrected chi connectivity index (χ2v) is 6.43. The number of nitrogens with one attached hydrogen (secondary N) is 1. The van der Waals surface area contributed by atoms with E-state index >= 15 is 0 Å². The van der Waals surface area contributed by atoms with Crippen LogP contribution in [0.4, 0.5) is 5.13 Å². The molecule has 1 aromatic rings. The fraction of sp³-hybridized carbons (Fsp3) is 0.786. The molecule has 1 aliphatic rings. The first-order valence-corrected chi connectivity index (χ1v) is 8.00. The van der Waals surface area contributed by atoms with Crippen LogP contribution in [0.3, 0.4) is 0 Å². The van der Waals surface area contributed by atoms with Crippen LogP contribution >= 0.6 is 11.3 Å². The van der Waals surface area contributed by atoms with E-state index in [1.165, 1.54) is 12.8 Å². The van der Waals surface area contributed by atoms with Crippen LogP contribution in [0, 0.1) is 5.92 Å². The summed E-state index contributed by atoms with van der Waals surface area (Å²) in [7, 11) is 1.80. The van der Waals surface area contributed by atoms with Crippen molar-refractivity contribution in [1.82, 2.24) is 10.3 Å². The highest BCUT2D eigenvalue weighted by molar-refractivity contribution is 7.13. The largest absolute Gasteiger partial charge is 0.380 e. The molecule has 1 unspecified atom stereocenters. The Kier molecular flexibility index (Phi) is 5.60. The van der Waals surface area contributed by atoms with Crippen molar-refractivity contribution in [2.75, 3.05) is 31.6 Å². The number of nitrogens with zero attached hydrogens (tertiary/aromatic N) is 2. The number of hydrogen-bond acceptors (Lipinski definition) is 5. The van der Waals surface area contributed by atoms with Crippen LogP contribution in [0.5, 0.6) is 0 Å². The van der Waals surface area contributed by atoms with Gasteiger partial charge in [-0.15, -0.1) is 11.3 Å². The van der Waals surface area contributed by atoms with Crippen molar-refractivity contribution in [2.24, 2.45) is 5.92 Å². The highest BCUT2D eigenvalue weighted by Crippen LogP contribution is 2.24. The fourth-order valence-corrected chi connectivity index (χ4v) is 3.18. The molecule has 1 aliphatic heterocycles. The van der Waals surface area contributed by atoms with Gasteiger partial charge in [0.2, 0.25) is 0 Å². The van der Waals surface area contributed by atoms with E-state index < -0.39 is 0 Å². The molecule has 0 aliphatic carbocycles. The van der Waals surface area contributed by atoms with E-state index in [2.05, 4.69) is 29.4 Å². The number of ether oxygens (including phenoxy) is 1. The Labute approximate surface area is 120 Å². The van der Waals surface area contributed by atoms with Crippen molar-refractivity contribution >= 4 is 16.5 Å². The summed E-state index contributed by atoms with van der Waals surface area (Å²) < 4.78 is 5.46. The Morgan fingerprint density at radius 3 is 3.16 bits per heavy atom. The van der Waals surface area contributed by atoms with Crippen molar-refractivity contribution < 1.29 is 4.74 Å². The minimum absolute atomic E-state index is 0.361. The summed E-state index contributed by atoms with van der Waals surface area (Å²) in [4.78, 5) is 7.08. The first-order chi connectivity index (χ1) is 9.19. The summed E-state index contributed by atoms with van der Waals surface area (Å²) in [6, 6.07) is 0. The normalized spacial score (nSPS) is 20.2. The second-order valence-electron chi connectivity index (χ2n) is 5.59. The Morgan fingerprint density at radius 2 is 2.42 bits per heavy atom. The summed E-state index contributed by atoms with van der Waals surface area (Å²) in [5.74, 6) is 0.683. The quantitative estimate of drug-likeness (QED) is 0.870. The number of thiazole rings is 1. The van der Waals surface area contributed by atoms with Gasteiger partial charge in [0.05, 0.1) is 11.8 Å². The van der Waals surface area contributed by atoms with Gasteiger partial charge in [0.25, 0.3) is 0 Å². The smallest absolute Gasteiger partial charge is 0.185 e. The Morgan fingerprint density at radius 1 is 1.58 bits per heavy atom. The average molecular weight is 283 g/mol. The molecule has 1 N–H and O–H groups in total. The van der Waals surface area contributed by atoms with Gasteiger partial charge in [0, 0.05) is 32.1 Å². The van der Waals surface area contributed by atoms with E-state index in [0.29, 0.717) is 12.0 Å². The van der Waals surface area contributed by atoms with Gasteiger partial charge in [0.15, 0.2) is 5.13 Å². The third kappa shape index (κ3) is 4.44. The van der Waals surface area contributed by atoms with Gasteiger partial charge in [-0.3, -0.25) is 0 Å². The van der Waals surface area contributed by atoms with E-state index in [1.54, 1.807) is 18.4 Å². The molecule has 2 heterocycles. The SMILES string of the molecule is COC1CCCN(c2nc(CNCC(C)C)cs2)C1. The van der Waals surface area contributed by atoms with Crippen LogP contribution in [-0.2, 0) is 11.3 Å². The van der Waals surface area contributed by atoms with Crippen molar-refractivity contribution in [3.05, 3.63) is 11.1 Å². The van der Waals surface area contributed by atoms with Gasteiger partial charge in [-0.05, 0) is 25.3 Å². The van der Waals surface area contributed by atoms with Crippen molar-refractivity contribution in [2.45, 2.75) is 39.3 Å². The summed E-state index contributed by atoms with van der Waals surface area (Å²) >= 11 is 1.75. The lowest BCUT2D eigenvalue weighted by Crippen LogP contribution is -2.39. The standard InChI is InChI=1S/C14H25N3OS/c1-11(2)7-15-8-12-10-19-14(16-12)17-6-4-5-13(9-17)18-3/h10-11,13,15H,4-9H2,1-3H3. The third-order valence-electron chi connectivity index (χ3n) is 3.38. The van der Waals surface area contributed by atoms with Gasteiger partial charge < -0.3 is 15.0 Å². The predicted molar refractivity (Wildman–Crippen MR) is 80.9 cm³/mol. The van der Waals surface area contributed by atoms with Gasteiger partial charge in [0.1, 0.15) is 0 Å². The number of rotatable bonds is 6. The Balaban J connectivity index is 1.85. The second kappa shape index (κ2) is 7.22. The van der Waals surface area contributed by atoms with Crippen LogP contribution in [0.15, 0.2) is 5.38 Å². The van der Waals surface area contributed by atoms with Crippen LogP contribution in [0.2, 0.25) is 0 Å². The molecule has 0 aromatic carbocycles. The van der Waals surface area contributed by atoms with Crippen molar-refractivity contribution in [3.8, 4) is 0 Å². The molecule has 19 heavy (non-hydrogen) atoms. The van der Waals surface area contributed by atoms with E-state index in [4.69, 9.17) is 9.72 Å². The molecule has 0 spiro atoms. The average Bonchev–Trinajstić information content (AvgIpc) is 2.87. The lowest BCUT2D eigenvalue weighted by atomic mass is 10.1. The van der Waals surface area contributed by atoms with E-state index in [0.717, 1.165) is 37.0 Å². The lowest BCUT2D eigenvalue weighted by molar-refractivity contribution is 0.0893. The maximum atomic E-state index is 5.46. The fourth-order valence-electron chi connectivity index (χ4n) is 2.32. The molecule has 108 valence electrons. The molecule has 0 amide bonds. The molecule has 0 saturated carbocycles. The molecular weight excluding hydrogens is 258 g/mol. The Hall–Kier alpha value is -0.650. The summed E-state index contributed by atoms with van der Waals surface area (Å²) in [5, 5.41) is 6.75. The molecule has 0 radical (unpaired) electrons. The molecule has 1 saturated heterocycles.